The first-order valence-electron chi connectivity index (χ1n) is 5.22. The lowest BCUT2D eigenvalue weighted by Crippen LogP contribution is -2.19. The highest BCUT2D eigenvalue weighted by molar-refractivity contribution is 6.29. The van der Waals surface area contributed by atoms with E-state index >= 15 is 0 Å². The van der Waals surface area contributed by atoms with Crippen molar-refractivity contribution in [1.29, 1.82) is 0 Å². The fourth-order valence-electron chi connectivity index (χ4n) is 1.54. The maximum atomic E-state index is 5.79. The molecule has 6 heteroatoms. The van der Waals surface area contributed by atoms with Crippen molar-refractivity contribution >= 4 is 23.4 Å². The molecule has 17 heavy (non-hydrogen) atoms. The number of nitrogen functional groups attached to an aromatic ring is 1. The number of hydrogen-bond acceptors (Lipinski definition) is 5. The summed E-state index contributed by atoms with van der Waals surface area (Å²) in [5, 5.41) is 3.51. The molecule has 5 nitrogen and oxygen atoms in total. The Morgan fingerprint density at radius 1 is 1.53 bits per heavy atom. The van der Waals surface area contributed by atoms with E-state index in [4.69, 9.17) is 21.8 Å². The lowest BCUT2D eigenvalue weighted by molar-refractivity contribution is 0.497. The molecule has 0 amide bonds. The molecule has 0 fully saturated rings. The molecule has 0 aliphatic heterocycles. The van der Waals surface area contributed by atoms with Gasteiger partial charge in [-0.25, -0.2) is 4.98 Å². The number of aromatic nitrogens is 2. The van der Waals surface area contributed by atoms with Crippen molar-refractivity contribution in [3.8, 4) is 0 Å². The van der Waals surface area contributed by atoms with Gasteiger partial charge < -0.3 is 15.5 Å². The summed E-state index contributed by atoms with van der Waals surface area (Å²) in [5.41, 5.74) is 5.51. The van der Waals surface area contributed by atoms with E-state index < -0.39 is 0 Å². The highest BCUT2D eigenvalue weighted by Crippen LogP contribution is 2.14. The van der Waals surface area contributed by atoms with Gasteiger partial charge in [0.15, 0.2) is 0 Å². The minimum atomic E-state index is 0.158. The molecule has 1 unspecified atom stereocenters. The molecule has 0 saturated heterocycles. The lowest BCUT2D eigenvalue weighted by atomic mass is 10.2. The summed E-state index contributed by atoms with van der Waals surface area (Å²) in [4.78, 5) is 7.83. The van der Waals surface area contributed by atoms with Crippen molar-refractivity contribution in [2.24, 2.45) is 0 Å². The average molecular weight is 253 g/mol. The van der Waals surface area contributed by atoms with Gasteiger partial charge in [0.1, 0.15) is 16.7 Å². The van der Waals surface area contributed by atoms with Crippen LogP contribution >= 0.6 is 11.6 Å². The van der Waals surface area contributed by atoms with Crippen LogP contribution in [0.25, 0.3) is 0 Å². The quantitative estimate of drug-likeness (QED) is 0.817. The van der Waals surface area contributed by atoms with Crippen LogP contribution in [-0.4, -0.2) is 16.0 Å². The highest BCUT2D eigenvalue weighted by atomic mass is 35.5. The molecular formula is C11H13ClN4O. The third-order valence-corrected chi connectivity index (χ3v) is 2.39. The second-order valence-electron chi connectivity index (χ2n) is 3.76. The Bertz CT molecular complexity index is 466. The largest absolute Gasteiger partial charge is 0.469 e. The summed E-state index contributed by atoms with van der Waals surface area (Å²) in [6, 6.07) is 5.59. The van der Waals surface area contributed by atoms with Crippen LogP contribution in [0.1, 0.15) is 12.7 Å². The molecule has 2 rings (SSSR count). The Balaban J connectivity index is 2.00. The molecule has 0 spiro atoms. The van der Waals surface area contributed by atoms with E-state index in [1.54, 1.807) is 12.3 Å². The van der Waals surface area contributed by atoms with Gasteiger partial charge in [-0.2, -0.15) is 4.98 Å². The molecule has 0 aromatic carbocycles. The number of furan rings is 1. The summed E-state index contributed by atoms with van der Waals surface area (Å²) in [6.07, 6.45) is 2.41. The van der Waals surface area contributed by atoms with Crippen molar-refractivity contribution in [3.63, 3.8) is 0 Å². The predicted octanol–water partition coefficient (Wildman–Crippen LogP) is 2.35. The van der Waals surface area contributed by atoms with Gasteiger partial charge in [-0.3, -0.25) is 0 Å². The second kappa shape index (κ2) is 5.05. The minimum Gasteiger partial charge on any atom is -0.469 e. The van der Waals surface area contributed by atoms with Gasteiger partial charge in [-0.15, -0.1) is 0 Å². The first kappa shape index (κ1) is 11.7. The van der Waals surface area contributed by atoms with Crippen LogP contribution in [0.4, 0.5) is 11.8 Å². The highest BCUT2D eigenvalue weighted by Gasteiger charge is 2.07. The molecule has 2 heterocycles. The second-order valence-corrected chi connectivity index (χ2v) is 4.15. The monoisotopic (exact) mass is 252 g/mol. The topological polar surface area (TPSA) is 77.0 Å². The maximum absolute atomic E-state index is 5.79. The molecule has 0 aliphatic carbocycles. The fourth-order valence-corrected chi connectivity index (χ4v) is 1.73. The van der Waals surface area contributed by atoms with Crippen molar-refractivity contribution < 1.29 is 4.42 Å². The molecule has 2 aromatic heterocycles. The van der Waals surface area contributed by atoms with Crippen molar-refractivity contribution in [3.05, 3.63) is 35.4 Å². The molecule has 1 atom stereocenters. The summed E-state index contributed by atoms with van der Waals surface area (Å²) in [6.45, 7) is 2.02. The number of nitrogens with two attached hydrogens (primary N) is 1. The molecule has 0 aliphatic rings. The Labute approximate surface area is 104 Å². The van der Waals surface area contributed by atoms with Crippen molar-refractivity contribution in [2.45, 2.75) is 19.4 Å². The van der Waals surface area contributed by atoms with E-state index in [9.17, 15) is 0 Å². The fraction of sp³-hybridized carbons (Fsp3) is 0.273. The SMILES string of the molecule is CC(Cc1ccco1)Nc1cc(Cl)nc(N)n1. The van der Waals surface area contributed by atoms with Gasteiger partial charge in [-0.1, -0.05) is 11.6 Å². The summed E-state index contributed by atoms with van der Waals surface area (Å²) >= 11 is 5.79. The molecule has 0 saturated carbocycles. The Morgan fingerprint density at radius 3 is 3.00 bits per heavy atom. The zero-order valence-electron chi connectivity index (χ0n) is 9.35. The average Bonchev–Trinajstić information content (AvgIpc) is 2.67. The number of nitrogens with one attached hydrogen (secondary N) is 1. The first-order chi connectivity index (χ1) is 8.13. The standard InChI is InChI=1S/C11H13ClN4O/c1-7(5-8-3-2-4-17-8)14-10-6-9(12)15-11(13)16-10/h2-4,6-7H,5H2,1H3,(H3,13,14,15,16). The molecule has 3 N–H and O–H groups in total. The number of halogens is 1. The third kappa shape index (κ3) is 3.35. The minimum absolute atomic E-state index is 0.158. The molecular weight excluding hydrogens is 240 g/mol. The Kier molecular flexibility index (Phi) is 3.49. The Morgan fingerprint density at radius 2 is 2.35 bits per heavy atom. The number of nitrogens with zero attached hydrogens (tertiary/aromatic N) is 2. The maximum Gasteiger partial charge on any atom is 0.223 e. The lowest BCUT2D eigenvalue weighted by Gasteiger charge is -2.13. The molecule has 0 bridgehead atoms. The molecule has 2 aromatic rings. The van der Waals surface area contributed by atoms with Crippen LogP contribution in [0.5, 0.6) is 0 Å². The number of rotatable bonds is 4. The van der Waals surface area contributed by atoms with Crippen molar-refractivity contribution in [1.82, 2.24) is 9.97 Å². The summed E-state index contributed by atoms with van der Waals surface area (Å²) in [7, 11) is 0. The first-order valence-corrected chi connectivity index (χ1v) is 5.60. The summed E-state index contributed by atoms with van der Waals surface area (Å²) < 4.78 is 5.27. The van der Waals surface area contributed by atoms with Crippen LogP contribution in [0.2, 0.25) is 5.15 Å². The van der Waals surface area contributed by atoms with Gasteiger partial charge in [0.25, 0.3) is 0 Å². The van der Waals surface area contributed by atoms with Crippen LogP contribution in [-0.2, 0) is 6.42 Å². The van der Waals surface area contributed by atoms with E-state index in [2.05, 4.69) is 15.3 Å². The van der Waals surface area contributed by atoms with Gasteiger partial charge in [0, 0.05) is 18.5 Å². The van der Waals surface area contributed by atoms with Gasteiger partial charge in [-0.05, 0) is 19.1 Å². The Hall–Kier alpha value is -1.75. The van der Waals surface area contributed by atoms with Crippen LogP contribution < -0.4 is 11.1 Å². The van der Waals surface area contributed by atoms with E-state index in [0.717, 1.165) is 12.2 Å². The summed E-state index contributed by atoms with van der Waals surface area (Å²) in [5.74, 6) is 1.69. The predicted molar refractivity (Wildman–Crippen MR) is 67.0 cm³/mol. The molecule has 90 valence electrons. The normalized spacial score (nSPS) is 12.4. The van der Waals surface area contributed by atoms with Gasteiger partial charge in [0.05, 0.1) is 6.26 Å². The number of anilines is 2. The van der Waals surface area contributed by atoms with E-state index in [1.807, 2.05) is 19.1 Å². The van der Waals surface area contributed by atoms with E-state index in [-0.39, 0.29) is 12.0 Å². The smallest absolute Gasteiger partial charge is 0.223 e. The van der Waals surface area contributed by atoms with Crippen LogP contribution in [0, 0.1) is 0 Å². The van der Waals surface area contributed by atoms with Gasteiger partial charge >= 0.3 is 0 Å². The zero-order valence-corrected chi connectivity index (χ0v) is 10.1. The van der Waals surface area contributed by atoms with E-state index in [0.29, 0.717) is 11.0 Å². The number of hydrogen-bond donors (Lipinski definition) is 2. The zero-order chi connectivity index (χ0) is 12.3. The van der Waals surface area contributed by atoms with Crippen molar-refractivity contribution in [2.75, 3.05) is 11.1 Å². The van der Waals surface area contributed by atoms with Crippen LogP contribution in [0.3, 0.4) is 0 Å². The van der Waals surface area contributed by atoms with Gasteiger partial charge in [0.2, 0.25) is 5.95 Å². The van der Waals surface area contributed by atoms with Crippen LogP contribution in [0.15, 0.2) is 28.9 Å². The van der Waals surface area contributed by atoms with E-state index in [1.165, 1.54) is 0 Å². The third-order valence-electron chi connectivity index (χ3n) is 2.19. The molecule has 0 radical (unpaired) electrons.